The van der Waals surface area contributed by atoms with E-state index in [0.29, 0.717) is 27.8 Å². The highest BCUT2D eigenvalue weighted by atomic mass is 19.1. The van der Waals surface area contributed by atoms with Gasteiger partial charge in [-0.3, -0.25) is 9.59 Å². The number of nitrogens with zero attached hydrogens (tertiary/aromatic N) is 2. The van der Waals surface area contributed by atoms with Crippen molar-refractivity contribution in [1.82, 2.24) is 4.98 Å². The van der Waals surface area contributed by atoms with Gasteiger partial charge in [-0.2, -0.15) is 5.26 Å². The van der Waals surface area contributed by atoms with E-state index in [9.17, 15) is 19.1 Å². The molecule has 0 saturated carbocycles. The zero-order valence-electron chi connectivity index (χ0n) is 17.0. The van der Waals surface area contributed by atoms with E-state index in [1.807, 2.05) is 6.07 Å². The SMILES string of the molecule is N#Cc1cccc(C=CC(=O)Nc2ccc(C(C(=O)O)c3ccc4ocnc4c3)cc2F)c1. The molecule has 0 aliphatic heterocycles. The predicted molar refractivity (Wildman–Crippen MR) is 119 cm³/mol. The number of aliphatic carboxylic acids is 1. The fourth-order valence-electron chi connectivity index (χ4n) is 3.40. The van der Waals surface area contributed by atoms with Crippen LogP contribution < -0.4 is 5.32 Å². The van der Waals surface area contributed by atoms with Gasteiger partial charge in [-0.25, -0.2) is 9.37 Å². The van der Waals surface area contributed by atoms with Crippen LogP contribution in [0.3, 0.4) is 0 Å². The molecule has 1 atom stereocenters. The van der Waals surface area contributed by atoms with Crippen LogP contribution in [0.15, 0.2) is 77.6 Å². The van der Waals surface area contributed by atoms with Crippen molar-refractivity contribution in [3.63, 3.8) is 0 Å². The monoisotopic (exact) mass is 441 g/mol. The summed E-state index contributed by atoms with van der Waals surface area (Å²) < 4.78 is 19.9. The molecule has 2 N–H and O–H groups in total. The summed E-state index contributed by atoms with van der Waals surface area (Å²) in [4.78, 5) is 28.2. The van der Waals surface area contributed by atoms with Crippen LogP contribution in [0, 0.1) is 17.1 Å². The fraction of sp³-hybridized carbons (Fsp3) is 0.0400. The number of fused-ring (bicyclic) bond motifs is 1. The number of oxazole rings is 1. The molecule has 0 bridgehead atoms. The average molecular weight is 441 g/mol. The number of aromatic nitrogens is 1. The van der Waals surface area contributed by atoms with E-state index in [4.69, 9.17) is 9.68 Å². The number of benzene rings is 3. The zero-order chi connectivity index (χ0) is 23.4. The van der Waals surface area contributed by atoms with Gasteiger partial charge in [-0.15, -0.1) is 0 Å². The molecule has 0 fully saturated rings. The predicted octanol–water partition coefficient (Wildman–Crippen LogP) is 4.71. The highest BCUT2D eigenvalue weighted by Gasteiger charge is 2.24. The highest BCUT2D eigenvalue weighted by Crippen LogP contribution is 2.30. The van der Waals surface area contributed by atoms with Gasteiger partial charge in [0, 0.05) is 6.08 Å². The minimum atomic E-state index is -1.16. The number of rotatable bonds is 6. The largest absolute Gasteiger partial charge is 0.481 e. The number of nitrogens with one attached hydrogen (secondary N) is 1. The van der Waals surface area contributed by atoms with Crippen LogP contribution in [0.2, 0.25) is 0 Å². The fourth-order valence-corrected chi connectivity index (χ4v) is 3.40. The summed E-state index contributed by atoms with van der Waals surface area (Å²) in [6.07, 6.45) is 3.98. The Kier molecular flexibility index (Phi) is 5.96. The second-order valence-corrected chi connectivity index (χ2v) is 7.15. The van der Waals surface area contributed by atoms with Crippen LogP contribution in [-0.4, -0.2) is 22.0 Å². The average Bonchev–Trinajstić information content (AvgIpc) is 3.27. The van der Waals surface area contributed by atoms with Crippen molar-refractivity contribution >= 4 is 34.7 Å². The van der Waals surface area contributed by atoms with E-state index >= 15 is 0 Å². The summed E-state index contributed by atoms with van der Waals surface area (Å²) >= 11 is 0. The molecule has 0 aliphatic rings. The van der Waals surface area contributed by atoms with Gasteiger partial charge in [0.1, 0.15) is 17.3 Å². The summed E-state index contributed by atoms with van der Waals surface area (Å²) in [5.41, 5.74) is 2.65. The van der Waals surface area contributed by atoms with E-state index in [1.165, 1.54) is 30.7 Å². The van der Waals surface area contributed by atoms with Gasteiger partial charge < -0.3 is 14.8 Å². The number of anilines is 1. The van der Waals surface area contributed by atoms with Crippen molar-refractivity contribution in [3.8, 4) is 6.07 Å². The third-order valence-electron chi connectivity index (χ3n) is 4.96. The first-order valence-electron chi connectivity index (χ1n) is 9.79. The van der Waals surface area contributed by atoms with E-state index in [0.717, 1.165) is 6.07 Å². The Bertz CT molecular complexity index is 1440. The molecule has 162 valence electrons. The molecular weight excluding hydrogens is 425 g/mol. The Morgan fingerprint density at radius 3 is 2.67 bits per heavy atom. The van der Waals surface area contributed by atoms with Crippen molar-refractivity contribution in [1.29, 1.82) is 5.26 Å². The van der Waals surface area contributed by atoms with Crippen molar-refractivity contribution in [2.75, 3.05) is 5.32 Å². The van der Waals surface area contributed by atoms with Crippen molar-refractivity contribution in [2.45, 2.75) is 5.92 Å². The molecule has 4 aromatic rings. The number of amides is 1. The van der Waals surface area contributed by atoms with E-state index in [2.05, 4.69) is 10.3 Å². The number of carbonyl (C=O) groups is 2. The Morgan fingerprint density at radius 2 is 1.91 bits per heavy atom. The lowest BCUT2D eigenvalue weighted by Crippen LogP contribution is -2.14. The van der Waals surface area contributed by atoms with Gasteiger partial charge in [0.15, 0.2) is 12.0 Å². The lowest BCUT2D eigenvalue weighted by Gasteiger charge is -2.14. The first-order valence-corrected chi connectivity index (χ1v) is 9.79. The van der Waals surface area contributed by atoms with Gasteiger partial charge in [0.2, 0.25) is 5.91 Å². The van der Waals surface area contributed by atoms with Crippen LogP contribution in [0.1, 0.15) is 28.2 Å². The minimum absolute atomic E-state index is 0.0877. The molecule has 3 aromatic carbocycles. The van der Waals surface area contributed by atoms with E-state index in [-0.39, 0.29) is 11.3 Å². The van der Waals surface area contributed by atoms with Crippen LogP contribution in [-0.2, 0) is 9.59 Å². The number of nitriles is 1. The number of carbonyl (C=O) groups excluding carboxylic acids is 1. The van der Waals surface area contributed by atoms with Gasteiger partial charge in [-0.1, -0.05) is 24.3 Å². The topological polar surface area (TPSA) is 116 Å². The number of hydrogen-bond donors (Lipinski definition) is 2. The van der Waals surface area contributed by atoms with Crippen molar-refractivity contribution in [3.05, 3.63) is 101 Å². The molecule has 1 heterocycles. The number of hydrogen-bond acceptors (Lipinski definition) is 5. The normalized spacial score (nSPS) is 11.9. The molecule has 33 heavy (non-hydrogen) atoms. The smallest absolute Gasteiger partial charge is 0.315 e. The molecule has 1 unspecified atom stereocenters. The lowest BCUT2D eigenvalue weighted by molar-refractivity contribution is -0.137. The van der Waals surface area contributed by atoms with E-state index < -0.39 is 23.6 Å². The number of carboxylic acids is 1. The zero-order valence-corrected chi connectivity index (χ0v) is 17.0. The summed E-state index contributed by atoms with van der Waals surface area (Å²) in [5.74, 6) is -3.63. The Balaban J connectivity index is 1.53. The molecular formula is C25H16FN3O4. The van der Waals surface area contributed by atoms with Gasteiger partial charge in [0.05, 0.1) is 17.3 Å². The third kappa shape index (κ3) is 4.78. The summed E-state index contributed by atoms with van der Waals surface area (Å²) in [5, 5.41) is 21.1. The minimum Gasteiger partial charge on any atom is -0.481 e. The quantitative estimate of drug-likeness (QED) is 0.419. The molecule has 0 spiro atoms. The number of carboxylic acid groups (broad SMARTS) is 1. The standard InChI is InChI=1S/C25H16FN3O4/c26-19-11-17(24(25(31)32)18-6-8-22-21(12-18)28-14-33-22)5-7-20(19)29-23(30)9-4-15-2-1-3-16(10-15)13-27/h1-12,14,24H,(H,29,30)(H,31,32). The molecule has 0 aliphatic carbocycles. The van der Waals surface area contributed by atoms with Gasteiger partial charge in [0.25, 0.3) is 0 Å². The maximum absolute atomic E-state index is 14.7. The molecule has 8 heteroatoms. The molecule has 1 amide bonds. The first kappa shape index (κ1) is 21.5. The molecule has 0 saturated heterocycles. The van der Waals surface area contributed by atoms with Crippen LogP contribution in [0.25, 0.3) is 17.2 Å². The van der Waals surface area contributed by atoms with Crippen LogP contribution in [0.5, 0.6) is 0 Å². The second-order valence-electron chi connectivity index (χ2n) is 7.15. The molecule has 0 radical (unpaired) electrons. The van der Waals surface area contributed by atoms with Crippen molar-refractivity contribution < 1.29 is 23.5 Å². The Labute approximate surface area is 187 Å². The van der Waals surface area contributed by atoms with Gasteiger partial charge in [-0.05, 0) is 59.2 Å². The highest BCUT2D eigenvalue weighted by molar-refractivity contribution is 6.02. The molecule has 7 nitrogen and oxygen atoms in total. The third-order valence-corrected chi connectivity index (χ3v) is 4.96. The Morgan fingerprint density at radius 1 is 1.12 bits per heavy atom. The van der Waals surface area contributed by atoms with Crippen molar-refractivity contribution in [2.24, 2.45) is 0 Å². The maximum atomic E-state index is 14.7. The van der Waals surface area contributed by atoms with Crippen LogP contribution >= 0.6 is 0 Å². The molecule has 4 rings (SSSR count). The second kappa shape index (κ2) is 9.16. The summed E-state index contributed by atoms with van der Waals surface area (Å²) in [6, 6.07) is 17.3. The first-order chi connectivity index (χ1) is 15.9. The summed E-state index contributed by atoms with van der Waals surface area (Å²) in [7, 11) is 0. The summed E-state index contributed by atoms with van der Waals surface area (Å²) in [6.45, 7) is 0. The lowest BCUT2D eigenvalue weighted by atomic mass is 9.91. The van der Waals surface area contributed by atoms with E-state index in [1.54, 1.807) is 42.5 Å². The number of halogens is 1. The molecule has 1 aromatic heterocycles. The van der Waals surface area contributed by atoms with Crippen LogP contribution in [0.4, 0.5) is 10.1 Å². The maximum Gasteiger partial charge on any atom is 0.315 e. The van der Waals surface area contributed by atoms with Gasteiger partial charge >= 0.3 is 5.97 Å². The Hall–Kier alpha value is -4.77.